The summed E-state index contributed by atoms with van der Waals surface area (Å²) in [4.78, 5) is 6.59. The van der Waals surface area contributed by atoms with Gasteiger partial charge in [-0.1, -0.05) is 42.5 Å². The van der Waals surface area contributed by atoms with E-state index < -0.39 is 22.6 Å². The van der Waals surface area contributed by atoms with Crippen molar-refractivity contribution in [3.05, 3.63) is 72.3 Å². The summed E-state index contributed by atoms with van der Waals surface area (Å²) in [6.07, 6.45) is -0.894. The van der Waals surface area contributed by atoms with Crippen LogP contribution in [0.15, 0.2) is 66.2 Å². The van der Waals surface area contributed by atoms with Crippen molar-refractivity contribution < 1.29 is 21.6 Å². The Kier molecular flexibility index (Phi) is 6.97. The molecule has 0 radical (unpaired) electrons. The first kappa shape index (κ1) is 24.9. The molecule has 12 heteroatoms. The summed E-state index contributed by atoms with van der Waals surface area (Å²) in [6.45, 7) is 0.137. The first-order valence-corrected chi connectivity index (χ1v) is 12.5. The van der Waals surface area contributed by atoms with Crippen LogP contribution in [0.4, 0.5) is 13.2 Å². The standard InChI is InChI=1S/C23H22F3N5O2S2/c24-23(25,26)7-2-8-31-13-19(16-3-1-4-17(10-16)22(27)34)18-6-5-15(9-20(18)31)11-30-35(32,33)21-12-28-14-29-21/h1,3-6,9-10,12-14,30H,2,7-8,11H2,(H2,27,34)(H,28,29). The van der Waals surface area contributed by atoms with Gasteiger partial charge in [-0.2, -0.15) is 13.2 Å². The summed E-state index contributed by atoms with van der Waals surface area (Å²) in [6, 6.07) is 12.7. The smallest absolute Gasteiger partial charge is 0.389 e. The van der Waals surface area contributed by atoms with E-state index in [0.717, 1.165) is 16.5 Å². The van der Waals surface area contributed by atoms with E-state index in [4.69, 9.17) is 18.0 Å². The number of nitrogens with one attached hydrogen (secondary N) is 2. The number of fused-ring (bicyclic) bond motifs is 1. The summed E-state index contributed by atoms with van der Waals surface area (Å²) in [5.41, 5.74) is 9.42. The summed E-state index contributed by atoms with van der Waals surface area (Å²) >= 11 is 5.07. The minimum Gasteiger partial charge on any atom is -0.389 e. The Hall–Kier alpha value is -3.22. The van der Waals surface area contributed by atoms with Gasteiger partial charge in [0.25, 0.3) is 10.0 Å². The molecule has 0 fully saturated rings. The maximum atomic E-state index is 12.7. The molecule has 0 atom stereocenters. The second-order valence-corrected chi connectivity index (χ2v) is 10.1. The fourth-order valence-electron chi connectivity index (χ4n) is 3.80. The summed E-state index contributed by atoms with van der Waals surface area (Å²) in [5, 5.41) is 0.685. The monoisotopic (exact) mass is 521 g/mol. The number of benzene rings is 2. The number of nitrogens with zero attached hydrogens (tertiary/aromatic N) is 2. The Bertz CT molecular complexity index is 1460. The van der Waals surface area contributed by atoms with Crippen molar-refractivity contribution in [2.24, 2.45) is 5.73 Å². The van der Waals surface area contributed by atoms with Crippen LogP contribution in [0, 0.1) is 0 Å². The third kappa shape index (κ3) is 5.89. The highest BCUT2D eigenvalue weighted by molar-refractivity contribution is 7.89. The molecule has 2 aromatic carbocycles. The second-order valence-electron chi connectivity index (χ2n) is 7.98. The molecule has 0 saturated carbocycles. The van der Waals surface area contributed by atoms with Gasteiger partial charge in [0.1, 0.15) is 4.99 Å². The maximum Gasteiger partial charge on any atom is 0.389 e. The van der Waals surface area contributed by atoms with Crippen LogP contribution in [0.5, 0.6) is 0 Å². The molecular formula is C23H22F3N5O2S2. The highest BCUT2D eigenvalue weighted by Crippen LogP contribution is 2.33. The Labute approximate surface area is 205 Å². The van der Waals surface area contributed by atoms with Crippen LogP contribution in [0.2, 0.25) is 0 Å². The molecule has 0 spiro atoms. The van der Waals surface area contributed by atoms with Crippen LogP contribution in [-0.2, 0) is 23.1 Å². The first-order chi connectivity index (χ1) is 16.5. The number of sulfonamides is 1. The van der Waals surface area contributed by atoms with E-state index in [-0.39, 0.29) is 29.5 Å². The van der Waals surface area contributed by atoms with E-state index in [9.17, 15) is 21.6 Å². The molecule has 0 unspecified atom stereocenters. The highest BCUT2D eigenvalue weighted by Gasteiger charge is 2.26. The summed E-state index contributed by atoms with van der Waals surface area (Å²) in [5.74, 6) is 0. The number of aryl methyl sites for hydroxylation is 1. The quantitative estimate of drug-likeness (QED) is 0.282. The Morgan fingerprint density at radius 2 is 2.00 bits per heavy atom. The third-order valence-electron chi connectivity index (χ3n) is 5.48. The lowest BCUT2D eigenvalue weighted by Crippen LogP contribution is -2.23. The molecule has 2 aromatic heterocycles. The fourth-order valence-corrected chi connectivity index (χ4v) is 4.84. The van der Waals surface area contributed by atoms with Gasteiger partial charge in [-0.15, -0.1) is 0 Å². The minimum absolute atomic E-state index is 0.00880. The molecule has 0 aliphatic carbocycles. The van der Waals surface area contributed by atoms with E-state index in [2.05, 4.69) is 14.7 Å². The summed E-state index contributed by atoms with van der Waals surface area (Å²) in [7, 11) is -3.81. The fraction of sp³-hybridized carbons (Fsp3) is 0.217. The molecule has 4 N–H and O–H groups in total. The van der Waals surface area contributed by atoms with Gasteiger partial charge < -0.3 is 15.3 Å². The number of alkyl halides is 3. The van der Waals surface area contributed by atoms with Crippen molar-refractivity contribution >= 4 is 38.1 Å². The zero-order valence-corrected chi connectivity index (χ0v) is 20.0. The molecule has 0 saturated heterocycles. The van der Waals surface area contributed by atoms with Gasteiger partial charge in [0.2, 0.25) is 0 Å². The van der Waals surface area contributed by atoms with E-state index in [1.54, 1.807) is 29.0 Å². The van der Waals surface area contributed by atoms with E-state index in [1.165, 1.54) is 12.5 Å². The van der Waals surface area contributed by atoms with Crippen molar-refractivity contribution in [1.82, 2.24) is 19.3 Å². The number of rotatable bonds is 9. The summed E-state index contributed by atoms with van der Waals surface area (Å²) < 4.78 is 67.3. The van der Waals surface area contributed by atoms with Crippen LogP contribution < -0.4 is 10.5 Å². The second kappa shape index (κ2) is 9.80. The lowest BCUT2D eigenvalue weighted by Gasteiger charge is -2.09. The van der Waals surface area contributed by atoms with Gasteiger partial charge in [0.05, 0.1) is 6.33 Å². The maximum absolute atomic E-state index is 12.7. The van der Waals surface area contributed by atoms with Crippen molar-refractivity contribution in [1.29, 1.82) is 0 Å². The van der Waals surface area contributed by atoms with Crippen LogP contribution in [-0.4, -0.2) is 34.1 Å². The molecule has 7 nitrogen and oxygen atoms in total. The van der Waals surface area contributed by atoms with Crippen molar-refractivity contribution in [3.8, 4) is 11.1 Å². The number of aromatic amines is 1. The molecule has 4 rings (SSSR count). The SMILES string of the molecule is NC(=S)c1cccc(-c2cn(CCCC(F)(F)F)c3cc(CNS(=O)(=O)c4c[nH]cn4)ccc23)c1. The molecule has 184 valence electrons. The van der Waals surface area contributed by atoms with E-state index >= 15 is 0 Å². The zero-order chi connectivity index (χ0) is 25.2. The van der Waals surface area contributed by atoms with Gasteiger partial charge in [0, 0.05) is 53.9 Å². The normalized spacial score (nSPS) is 12.3. The number of hydrogen-bond donors (Lipinski definition) is 3. The molecule has 4 aromatic rings. The van der Waals surface area contributed by atoms with Crippen molar-refractivity contribution in [2.75, 3.05) is 0 Å². The minimum atomic E-state index is -4.24. The number of nitrogens with two attached hydrogens (primary N) is 1. The lowest BCUT2D eigenvalue weighted by atomic mass is 10.0. The van der Waals surface area contributed by atoms with Gasteiger partial charge >= 0.3 is 6.18 Å². The molecule has 0 amide bonds. The van der Waals surface area contributed by atoms with Crippen LogP contribution in [0.25, 0.3) is 22.0 Å². The number of aromatic nitrogens is 3. The number of H-pyrrole nitrogens is 1. The van der Waals surface area contributed by atoms with E-state index in [0.29, 0.717) is 16.6 Å². The Balaban J connectivity index is 1.69. The average molecular weight is 522 g/mol. The molecule has 35 heavy (non-hydrogen) atoms. The lowest BCUT2D eigenvalue weighted by molar-refractivity contribution is -0.135. The number of imidazole rings is 1. The molecule has 0 bridgehead atoms. The van der Waals surface area contributed by atoms with Crippen molar-refractivity contribution in [2.45, 2.75) is 37.1 Å². The highest BCUT2D eigenvalue weighted by atomic mass is 32.2. The zero-order valence-electron chi connectivity index (χ0n) is 18.3. The first-order valence-electron chi connectivity index (χ1n) is 10.6. The van der Waals surface area contributed by atoms with Gasteiger partial charge in [-0.05, 0) is 29.7 Å². The average Bonchev–Trinajstić information content (AvgIpc) is 3.46. The molecule has 0 aliphatic rings. The Morgan fingerprint density at radius 3 is 2.69 bits per heavy atom. The number of thiocarbonyl (C=S) groups is 1. The van der Waals surface area contributed by atoms with Crippen LogP contribution >= 0.6 is 12.2 Å². The van der Waals surface area contributed by atoms with Crippen molar-refractivity contribution in [3.63, 3.8) is 0 Å². The van der Waals surface area contributed by atoms with Crippen LogP contribution in [0.3, 0.4) is 0 Å². The van der Waals surface area contributed by atoms with Gasteiger partial charge in [-0.3, -0.25) is 0 Å². The molecule has 0 aliphatic heterocycles. The largest absolute Gasteiger partial charge is 0.389 e. The number of hydrogen-bond acceptors (Lipinski definition) is 4. The van der Waals surface area contributed by atoms with Gasteiger partial charge in [-0.25, -0.2) is 18.1 Å². The number of halogens is 3. The third-order valence-corrected chi connectivity index (χ3v) is 7.01. The van der Waals surface area contributed by atoms with Gasteiger partial charge in [0.15, 0.2) is 5.03 Å². The predicted octanol–water partition coefficient (Wildman–Crippen LogP) is 4.49. The van der Waals surface area contributed by atoms with E-state index in [1.807, 2.05) is 24.3 Å². The molecular weight excluding hydrogens is 499 g/mol. The Morgan fingerprint density at radius 1 is 1.20 bits per heavy atom. The van der Waals surface area contributed by atoms with Crippen LogP contribution in [0.1, 0.15) is 24.0 Å². The topological polar surface area (TPSA) is 106 Å². The predicted molar refractivity (Wildman–Crippen MR) is 131 cm³/mol. The molecule has 2 heterocycles.